The first-order chi connectivity index (χ1) is 5.35. The molecular weight excluding hydrogens is 144 g/mol. The molecule has 0 rings (SSSR count). The average Bonchev–Trinajstić information content (AvgIpc) is 2.05. The molecular formula is C8H14O3. The topological polar surface area (TPSA) is 35.5 Å². The largest absolute Gasteiger partial charge is 0.464 e. The Morgan fingerprint density at radius 1 is 1.55 bits per heavy atom. The number of hydrogen-bond acceptors (Lipinski definition) is 3. The van der Waals surface area contributed by atoms with Crippen molar-refractivity contribution in [3.63, 3.8) is 0 Å². The van der Waals surface area contributed by atoms with Crippen molar-refractivity contribution in [2.24, 2.45) is 0 Å². The Hall–Kier alpha value is -0.830. The van der Waals surface area contributed by atoms with Gasteiger partial charge in [-0.25, -0.2) is 0 Å². The quantitative estimate of drug-likeness (QED) is 0.254. The number of hydrogen-bond donors (Lipinski definition) is 0. The number of rotatable bonds is 6. The van der Waals surface area contributed by atoms with E-state index in [-0.39, 0.29) is 6.79 Å². The number of allylic oxidation sites excluding steroid dienone is 2. The SMILES string of the molecule is CCC/C=C(\C=O)OCOC. The van der Waals surface area contributed by atoms with E-state index in [4.69, 9.17) is 4.74 Å². The third-order valence-electron chi connectivity index (χ3n) is 1.09. The molecule has 0 N–H and O–H groups in total. The molecule has 0 aliphatic carbocycles. The van der Waals surface area contributed by atoms with Gasteiger partial charge < -0.3 is 9.47 Å². The van der Waals surface area contributed by atoms with E-state index < -0.39 is 0 Å². The summed E-state index contributed by atoms with van der Waals surface area (Å²) in [4.78, 5) is 10.3. The Bertz CT molecular complexity index is 129. The van der Waals surface area contributed by atoms with Gasteiger partial charge in [-0.15, -0.1) is 0 Å². The van der Waals surface area contributed by atoms with E-state index in [2.05, 4.69) is 4.74 Å². The monoisotopic (exact) mass is 158 g/mol. The molecule has 0 aromatic heterocycles. The van der Waals surface area contributed by atoms with Crippen LogP contribution >= 0.6 is 0 Å². The molecule has 0 heterocycles. The molecule has 0 radical (unpaired) electrons. The minimum atomic E-state index is 0.133. The Morgan fingerprint density at radius 3 is 2.73 bits per heavy atom. The van der Waals surface area contributed by atoms with E-state index in [0.717, 1.165) is 12.8 Å². The van der Waals surface area contributed by atoms with Crippen LogP contribution in [0, 0.1) is 0 Å². The lowest BCUT2D eigenvalue weighted by Crippen LogP contribution is -1.97. The number of methoxy groups -OCH3 is 1. The van der Waals surface area contributed by atoms with Crippen LogP contribution in [0.3, 0.4) is 0 Å². The van der Waals surface area contributed by atoms with Crippen molar-refractivity contribution in [2.75, 3.05) is 13.9 Å². The second-order valence-corrected chi connectivity index (χ2v) is 2.06. The van der Waals surface area contributed by atoms with Crippen molar-refractivity contribution in [1.29, 1.82) is 0 Å². The summed E-state index contributed by atoms with van der Waals surface area (Å²) < 4.78 is 9.55. The Balaban J connectivity index is 3.64. The van der Waals surface area contributed by atoms with Crippen molar-refractivity contribution in [2.45, 2.75) is 19.8 Å². The molecule has 3 heteroatoms. The molecule has 0 amide bonds. The first-order valence-corrected chi connectivity index (χ1v) is 3.62. The van der Waals surface area contributed by atoms with Gasteiger partial charge in [-0.05, 0) is 12.5 Å². The van der Waals surface area contributed by atoms with E-state index in [1.807, 2.05) is 6.92 Å². The smallest absolute Gasteiger partial charge is 0.188 e. The standard InChI is InChI=1S/C8H14O3/c1-3-4-5-8(6-9)11-7-10-2/h5-6H,3-4,7H2,1-2H3/b8-5+. The number of ether oxygens (including phenoxy) is 2. The van der Waals surface area contributed by atoms with E-state index in [1.165, 1.54) is 7.11 Å². The van der Waals surface area contributed by atoms with Crippen LogP contribution in [-0.2, 0) is 14.3 Å². The molecule has 11 heavy (non-hydrogen) atoms. The summed E-state index contributed by atoms with van der Waals surface area (Å²) in [7, 11) is 1.52. The van der Waals surface area contributed by atoms with Gasteiger partial charge in [0.1, 0.15) is 0 Å². The molecule has 0 aromatic rings. The van der Waals surface area contributed by atoms with Crippen molar-refractivity contribution in [1.82, 2.24) is 0 Å². The summed E-state index contributed by atoms with van der Waals surface area (Å²) in [5, 5.41) is 0. The maximum atomic E-state index is 10.3. The highest BCUT2D eigenvalue weighted by molar-refractivity contribution is 5.69. The van der Waals surface area contributed by atoms with E-state index in [1.54, 1.807) is 6.08 Å². The van der Waals surface area contributed by atoms with E-state index >= 15 is 0 Å². The van der Waals surface area contributed by atoms with Crippen molar-refractivity contribution in [3.8, 4) is 0 Å². The average molecular weight is 158 g/mol. The van der Waals surface area contributed by atoms with E-state index in [0.29, 0.717) is 12.0 Å². The fourth-order valence-electron chi connectivity index (χ4n) is 0.555. The van der Waals surface area contributed by atoms with Crippen LogP contribution in [0.5, 0.6) is 0 Å². The van der Waals surface area contributed by atoms with Crippen molar-refractivity contribution >= 4 is 6.29 Å². The van der Waals surface area contributed by atoms with Crippen LogP contribution in [0.4, 0.5) is 0 Å². The van der Waals surface area contributed by atoms with Crippen LogP contribution < -0.4 is 0 Å². The molecule has 3 nitrogen and oxygen atoms in total. The summed E-state index contributed by atoms with van der Waals surface area (Å²) >= 11 is 0. The first-order valence-electron chi connectivity index (χ1n) is 3.62. The maximum Gasteiger partial charge on any atom is 0.188 e. The predicted octanol–water partition coefficient (Wildman–Crippen LogP) is 1.49. The summed E-state index contributed by atoms with van der Waals surface area (Å²) in [6.45, 7) is 2.17. The molecule has 0 saturated carbocycles. The molecule has 0 fully saturated rings. The molecule has 0 aromatic carbocycles. The Morgan fingerprint density at radius 2 is 2.27 bits per heavy atom. The van der Waals surface area contributed by atoms with Crippen LogP contribution in [0.2, 0.25) is 0 Å². The molecule has 64 valence electrons. The van der Waals surface area contributed by atoms with Gasteiger partial charge in [-0.1, -0.05) is 13.3 Å². The van der Waals surface area contributed by atoms with Gasteiger partial charge in [-0.3, -0.25) is 4.79 Å². The highest BCUT2D eigenvalue weighted by Gasteiger charge is 1.92. The van der Waals surface area contributed by atoms with Gasteiger partial charge in [0.05, 0.1) is 0 Å². The zero-order valence-electron chi connectivity index (χ0n) is 7.00. The third kappa shape index (κ3) is 5.61. The number of carbonyl (C=O) groups excluding carboxylic acids is 1. The minimum absolute atomic E-state index is 0.133. The van der Waals surface area contributed by atoms with Gasteiger partial charge in [0.15, 0.2) is 18.8 Å². The summed E-state index contributed by atoms with van der Waals surface area (Å²) in [5.74, 6) is 0.355. The summed E-state index contributed by atoms with van der Waals surface area (Å²) in [5.41, 5.74) is 0. The lowest BCUT2D eigenvalue weighted by atomic mass is 10.3. The van der Waals surface area contributed by atoms with Gasteiger partial charge >= 0.3 is 0 Å². The number of aldehydes is 1. The van der Waals surface area contributed by atoms with Gasteiger partial charge in [0.25, 0.3) is 0 Å². The van der Waals surface area contributed by atoms with Crippen molar-refractivity contribution in [3.05, 3.63) is 11.8 Å². The van der Waals surface area contributed by atoms with Crippen LogP contribution in [0.15, 0.2) is 11.8 Å². The van der Waals surface area contributed by atoms with Crippen LogP contribution in [0.1, 0.15) is 19.8 Å². The molecule has 0 bridgehead atoms. The van der Waals surface area contributed by atoms with Gasteiger partial charge in [0.2, 0.25) is 0 Å². The van der Waals surface area contributed by atoms with Gasteiger partial charge in [0, 0.05) is 7.11 Å². The predicted molar refractivity (Wildman–Crippen MR) is 42.0 cm³/mol. The second-order valence-electron chi connectivity index (χ2n) is 2.06. The number of carbonyl (C=O) groups is 1. The molecule has 0 atom stereocenters. The highest BCUT2D eigenvalue weighted by Crippen LogP contribution is 1.97. The van der Waals surface area contributed by atoms with Crippen molar-refractivity contribution < 1.29 is 14.3 Å². The zero-order valence-corrected chi connectivity index (χ0v) is 7.00. The normalized spacial score (nSPS) is 11.3. The fraction of sp³-hybridized carbons (Fsp3) is 0.625. The second kappa shape index (κ2) is 7.28. The van der Waals surface area contributed by atoms with E-state index in [9.17, 15) is 4.79 Å². The van der Waals surface area contributed by atoms with Gasteiger partial charge in [-0.2, -0.15) is 0 Å². The number of unbranched alkanes of at least 4 members (excludes halogenated alkanes) is 1. The molecule has 0 aliphatic rings. The lowest BCUT2D eigenvalue weighted by molar-refractivity contribution is -0.110. The molecule has 0 spiro atoms. The third-order valence-corrected chi connectivity index (χ3v) is 1.09. The molecule has 0 aliphatic heterocycles. The maximum absolute atomic E-state index is 10.3. The van der Waals surface area contributed by atoms with Crippen LogP contribution in [0.25, 0.3) is 0 Å². The Labute approximate surface area is 67.0 Å². The lowest BCUT2D eigenvalue weighted by Gasteiger charge is -2.01. The molecule has 0 saturated heterocycles. The zero-order chi connectivity index (χ0) is 8.53. The Kier molecular flexibility index (Phi) is 6.73. The van der Waals surface area contributed by atoms with Crippen LogP contribution in [-0.4, -0.2) is 20.2 Å². The minimum Gasteiger partial charge on any atom is -0.464 e. The summed E-state index contributed by atoms with van der Waals surface area (Å²) in [6.07, 6.45) is 4.31. The fourth-order valence-corrected chi connectivity index (χ4v) is 0.555. The summed E-state index contributed by atoms with van der Waals surface area (Å²) in [6, 6.07) is 0. The first kappa shape index (κ1) is 10.2. The molecule has 0 unspecified atom stereocenters. The highest BCUT2D eigenvalue weighted by atomic mass is 16.7.